The Hall–Kier alpha value is -3.12. The van der Waals surface area contributed by atoms with Gasteiger partial charge in [0.1, 0.15) is 0 Å². The van der Waals surface area contributed by atoms with E-state index in [0.29, 0.717) is 16.3 Å². The molecule has 2 aromatic carbocycles. The number of para-hydroxylation sites is 1. The minimum atomic E-state index is -0.865. The normalized spacial score (nSPS) is 11.0. The van der Waals surface area contributed by atoms with Crippen LogP contribution in [0.3, 0.4) is 0 Å². The van der Waals surface area contributed by atoms with E-state index in [1.54, 1.807) is 31.3 Å². The number of rotatable bonds is 3. The van der Waals surface area contributed by atoms with Gasteiger partial charge in [0.2, 0.25) is 0 Å². The number of amides is 2. The molecule has 126 valence electrons. The van der Waals surface area contributed by atoms with Crippen molar-refractivity contribution < 1.29 is 9.59 Å². The predicted octanol–water partition coefficient (Wildman–Crippen LogP) is 3.22. The number of aromatic nitrogens is 1. The number of hydrazone groups is 1. The Morgan fingerprint density at radius 3 is 2.76 bits per heavy atom. The molecule has 25 heavy (non-hydrogen) atoms. The third kappa shape index (κ3) is 3.70. The van der Waals surface area contributed by atoms with Gasteiger partial charge in [-0.05, 0) is 30.7 Å². The highest BCUT2D eigenvalue weighted by Gasteiger charge is 2.14. The van der Waals surface area contributed by atoms with Crippen molar-refractivity contribution in [2.45, 2.75) is 6.92 Å². The highest BCUT2D eigenvalue weighted by molar-refractivity contribution is 6.40. The first kappa shape index (κ1) is 16.7. The fourth-order valence-corrected chi connectivity index (χ4v) is 2.51. The summed E-state index contributed by atoms with van der Waals surface area (Å²) in [4.78, 5) is 26.9. The Bertz CT molecular complexity index is 978. The van der Waals surface area contributed by atoms with Crippen LogP contribution in [0.25, 0.3) is 10.9 Å². The molecule has 0 aliphatic carbocycles. The van der Waals surface area contributed by atoms with Crippen LogP contribution < -0.4 is 10.7 Å². The summed E-state index contributed by atoms with van der Waals surface area (Å²) in [5.74, 6) is -1.68. The molecular weight excluding hydrogens is 340 g/mol. The van der Waals surface area contributed by atoms with Crippen LogP contribution in [-0.4, -0.2) is 23.0 Å². The van der Waals surface area contributed by atoms with Gasteiger partial charge in [0.25, 0.3) is 0 Å². The van der Waals surface area contributed by atoms with Crippen LogP contribution in [-0.2, 0) is 9.59 Å². The summed E-state index contributed by atoms with van der Waals surface area (Å²) >= 11 is 5.99. The van der Waals surface area contributed by atoms with Gasteiger partial charge in [-0.2, -0.15) is 5.10 Å². The van der Waals surface area contributed by atoms with Crippen molar-refractivity contribution in [1.29, 1.82) is 0 Å². The van der Waals surface area contributed by atoms with E-state index in [9.17, 15) is 9.59 Å². The van der Waals surface area contributed by atoms with Crippen molar-refractivity contribution in [1.82, 2.24) is 10.4 Å². The first-order valence-electron chi connectivity index (χ1n) is 7.52. The van der Waals surface area contributed by atoms with E-state index in [2.05, 4.69) is 20.8 Å². The summed E-state index contributed by atoms with van der Waals surface area (Å²) in [7, 11) is 0. The van der Waals surface area contributed by atoms with Gasteiger partial charge in [0.05, 0.1) is 6.21 Å². The average molecular weight is 355 g/mol. The number of fused-ring (bicyclic) bond motifs is 1. The molecule has 0 atom stereocenters. The molecule has 3 N–H and O–H groups in total. The zero-order valence-electron chi connectivity index (χ0n) is 13.3. The summed E-state index contributed by atoms with van der Waals surface area (Å²) in [5.41, 5.74) is 5.15. The first-order valence-corrected chi connectivity index (χ1v) is 7.89. The van der Waals surface area contributed by atoms with E-state index in [4.69, 9.17) is 11.6 Å². The number of hydrogen-bond acceptors (Lipinski definition) is 3. The molecule has 3 aromatic rings. The lowest BCUT2D eigenvalue weighted by Crippen LogP contribution is -2.32. The van der Waals surface area contributed by atoms with E-state index in [-0.39, 0.29) is 0 Å². The Balaban J connectivity index is 1.64. The molecule has 0 fully saturated rings. The van der Waals surface area contributed by atoms with Crippen LogP contribution in [0.1, 0.15) is 11.1 Å². The number of carbonyl (C=O) groups is 2. The number of benzene rings is 2. The molecular formula is C18H15ClN4O2. The van der Waals surface area contributed by atoms with E-state index >= 15 is 0 Å². The topological polar surface area (TPSA) is 86.3 Å². The van der Waals surface area contributed by atoms with E-state index in [1.165, 1.54) is 6.21 Å². The zero-order valence-corrected chi connectivity index (χ0v) is 14.1. The molecule has 0 aliphatic rings. The molecule has 0 aliphatic heterocycles. The minimum Gasteiger partial charge on any atom is -0.361 e. The molecule has 1 aromatic heterocycles. The molecule has 1 heterocycles. The van der Waals surface area contributed by atoms with Crippen molar-refractivity contribution in [3.8, 4) is 0 Å². The number of carbonyl (C=O) groups excluding carboxylic acids is 2. The second kappa shape index (κ2) is 7.19. The number of aromatic amines is 1. The standard InChI is InChI=1S/C18H15ClN4O2/c1-11-14(19)6-4-8-15(11)22-17(24)18(25)23-21-10-12-9-20-16-7-3-2-5-13(12)16/h2-10,20H,1H3,(H,22,24)(H,23,25). The smallest absolute Gasteiger partial charge is 0.329 e. The second-order valence-corrected chi connectivity index (χ2v) is 5.76. The van der Waals surface area contributed by atoms with Gasteiger partial charge >= 0.3 is 11.8 Å². The Labute approximate surface area is 148 Å². The van der Waals surface area contributed by atoms with Gasteiger partial charge < -0.3 is 10.3 Å². The van der Waals surface area contributed by atoms with Crippen molar-refractivity contribution in [3.05, 3.63) is 64.8 Å². The number of H-pyrrole nitrogens is 1. The van der Waals surface area contributed by atoms with Crippen LogP contribution in [0, 0.1) is 6.92 Å². The number of hydrogen-bond donors (Lipinski definition) is 3. The fourth-order valence-electron chi connectivity index (χ4n) is 2.33. The lowest BCUT2D eigenvalue weighted by molar-refractivity contribution is -0.136. The van der Waals surface area contributed by atoms with Gasteiger partial charge in [-0.25, -0.2) is 5.43 Å². The summed E-state index contributed by atoms with van der Waals surface area (Å²) in [5, 5.41) is 7.83. The molecule has 0 bridgehead atoms. The highest BCUT2D eigenvalue weighted by atomic mass is 35.5. The SMILES string of the molecule is Cc1c(Cl)cccc1NC(=O)C(=O)NN=Cc1c[nH]c2ccccc12. The molecule has 0 radical (unpaired) electrons. The second-order valence-electron chi connectivity index (χ2n) is 5.36. The number of anilines is 1. The third-order valence-electron chi connectivity index (χ3n) is 3.71. The molecule has 0 unspecified atom stereocenters. The maximum absolute atomic E-state index is 11.9. The van der Waals surface area contributed by atoms with Gasteiger partial charge in [-0.3, -0.25) is 9.59 Å². The largest absolute Gasteiger partial charge is 0.361 e. The summed E-state index contributed by atoms with van der Waals surface area (Å²) in [6, 6.07) is 12.8. The molecule has 0 spiro atoms. The van der Waals surface area contributed by atoms with Crippen molar-refractivity contribution in [3.63, 3.8) is 0 Å². The third-order valence-corrected chi connectivity index (χ3v) is 4.12. The monoisotopic (exact) mass is 354 g/mol. The number of nitrogens with zero attached hydrogens (tertiary/aromatic N) is 1. The average Bonchev–Trinajstić information content (AvgIpc) is 3.02. The Kier molecular flexibility index (Phi) is 4.81. The minimum absolute atomic E-state index is 0.480. The quantitative estimate of drug-likeness (QED) is 0.383. The molecule has 0 saturated heterocycles. The fraction of sp³-hybridized carbons (Fsp3) is 0.0556. The predicted molar refractivity (Wildman–Crippen MR) is 98.9 cm³/mol. The van der Waals surface area contributed by atoms with Gasteiger partial charge in [-0.1, -0.05) is 35.9 Å². The molecule has 0 saturated carbocycles. The van der Waals surface area contributed by atoms with Crippen molar-refractivity contribution in [2.75, 3.05) is 5.32 Å². The van der Waals surface area contributed by atoms with Crippen LogP contribution in [0.2, 0.25) is 5.02 Å². The number of nitrogens with one attached hydrogen (secondary N) is 3. The Morgan fingerprint density at radius 2 is 1.92 bits per heavy atom. The summed E-state index contributed by atoms with van der Waals surface area (Å²) in [6.07, 6.45) is 3.25. The lowest BCUT2D eigenvalue weighted by Gasteiger charge is -2.08. The highest BCUT2D eigenvalue weighted by Crippen LogP contribution is 2.22. The summed E-state index contributed by atoms with van der Waals surface area (Å²) < 4.78 is 0. The first-order chi connectivity index (χ1) is 12.1. The van der Waals surface area contributed by atoms with Crippen molar-refractivity contribution in [2.24, 2.45) is 5.10 Å². The van der Waals surface area contributed by atoms with E-state index in [0.717, 1.165) is 16.5 Å². The van der Waals surface area contributed by atoms with Crippen molar-refractivity contribution >= 4 is 46.2 Å². The molecule has 2 amide bonds. The Morgan fingerprint density at radius 1 is 1.12 bits per heavy atom. The van der Waals surface area contributed by atoms with Crippen LogP contribution >= 0.6 is 11.6 Å². The maximum Gasteiger partial charge on any atom is 0.329 e. The van der Waals surface area contributed by atoms with Gasteiger partial charge in [-0.15, -0.1) is 0 Å². The van der Waals surface area contributed by atoms with E-state index in [1.807, 2.05) is 24.3 Å². The van der Waals surface area contributed by atoms with E-state index < -0.39 is 11.8 Å². The van der Waals surface area contributed by atoms with Crippen LogP contribution in [0.5, 0.6) is 0 Å². The van der Waals surface area contributed by atoms with Gasteiger partial charge in [0, 0.05) is 33.4 Å². The lowest BCUT2D eigenvalue weighted by atomic mass is 10.2. The molecule has 3 rings (SSSR count). The van der Waals surface area contributed by atoms with Crippen LogP contribution in [0.4, 0.5) is 5.69 Å². The molecule has 7 heteroatoms. The molecule has 6 nitrogen and oxygen atoms in total. The summed E-state index contributed by atoms with van der Waals surface area (Å²) in [6.45, 7) is 1.75. The van der Waals surface area contributed by atoms with Gasteiger partial charge in [0.15, 0.2) is 0 Å². The maximum atomic E-state index is 11.9. The zero-order chi connectivity index (χ0) is 17.8. The van der Waals surface area contributed by atoms with Crippen LogP contribution in [0.15, 0.2) is 53.8 Å². The number of halogens is 1.